The van der Waals surface area contributed by atoms with Crippen LogP contribution in [0.2, 0.25) is 0 Å². The van der Waals surface area contributed by atoms with E-state index >= 15 is 0 Å². The topological polar surface area (TPSA) is 28.7 Å². The van der Waals surface area contributed by atoms with Crippen molar-refractivity contribution >= 4 is 11.6 Å². The summed E-state index contributed by atoms with van der Waals surface area (Å²) in [5.74, 6) is 0.0348. The van der Waals surface area contributed by atoms with E-state index in [1.165, 1.54) is 6.07 Å². The number of nitrogens with one attached hydrogen (secondary N) is 1. The number of nitrogens with zero attached hydrogens (tertiary/aromatic N) is 1. The Morgan fingerprint density at radius 2 is 2.21 bits per heavy atom. The third-order valence-electron chi connectivity index (χ3n) is 1.98. The predicted octanol–water partition coefficient (Wildman–Crippen LogP) is 2.95. The van der Waals surface area contributed by atoms with E-state index in [1.807, 2.05) is 0 Å². The Morgan fingerprint density at radius 3 is 2.79 bits per heavy atom. The molecule has 0 spiro atoms. The highest BCUT2D eigenvalue weighted by Gasteiger charge is 2.06. The molecule has 0 aliphatic rings. The van der Waals surface area contributed by atoms with Crippen molar-refractivity contribution in [1.29, 1.82) is 0 Å². The van der Waals surface area contributed by atoms with Crippen LogP contribution in [0, 0.1) is 5.82 Å². The van der Waals surface area contributed by atoms with Gasteiger partial charge in [0.1, 0.15) is 5.82 Å². The molecule has 1 heterocycles. The molecule has 2 aromatic rings. The molecule has 0 amide bonds. The molecule has 2 rings (SSSR count). The fourth-order valence-electron chi connectivity index (χ4n) is 1.27. The molecule has 72 valence electrons. The molecule has 0 bridgehead atoms. The number of H-pyrrole nitrogens is 1. The SMILES string of the molecule is Fc1cc(CCl)ccc1-c1ccn[nH]1. The average Bonchev–Trinajstić information content (AvgIpc) is 2.70. The zero-order valence-corrected chi connectivity index (χ0v) is 8.05. The first-order chi connectivity index (χ1) is 6.81. The summed E-state index contributed by atoms with van der Waals surface area (Å²) in [6.45, 7) is 0. The lowest BCUT2D eigenvalue weighted by atomic mass is 10.1. The summed E-state index contributed by atoms with van der Waals surface area (Å²) in [7, 11) is 0. The Bertz CT molecular complexity index is 426. The number of aromatic amines is 1. The molecular weight excluding hydrogens is 203 g/mol. The highest BCUT2D eigenvalue weighted by molar-refractivity contribution is 6.17. The normalized spacial score (nSPS) is 10.4. The summed E-state index contributed by atoms with van der Waals surface area (Å²) >= 11 is 5.59. The lowest BCUT2D eigenvalue weighted by Crippen LogP contribution is -1.87. The van der Waals surface area contributed by atoms with Crippen LogP contribution in [0.3, 0.4) is 0 Å². The minimum Gasteiger partial charge on any atom is -0.278 e. The Hall–Kier alpha value is -1.35. The van der Waals surface area contributed by atoms with Gasteiger partial charge in [-0.2, -0.15) is 5.10 Å². The van der Waals surface area contributed by atoms with Crippen LogP contribution in [0.4, 0.5) is 4.39 Å². The quantitative estimate of drug-likeness (QED) is 0.759. The molecule has 0 fully saturated rings. The molecule has 0 aliphatic heterocycles. The number of benzene rings is 1. The van der Waals surface area contributed by atoms with Gasteiger partial charge in [-0.15, -0.1) is 11.6 Å². The lowest BCUT2D eigenvalue weighted by molar-refractivity contribution is 0.629. The molecule has 14 heavy (non-hydrogen) atoms. The van der Waals surface area contributed by atoms with Gasteiger partial charge >= 0.3 is 0 Å². The molecule has 0 atom stereocenters. The number of hydrogen-bond donors (Lipinski definition) is 1. The first-order valence-electron chi connectivity index (χ1n) is 4.15. The smallest absolute Gasteiger partial charge is 0.132 e. The van der Waals surface area contributed by atoms with E-state index in [0.29, 0.717) is 17.1 Å². The molecule has 0 radical (unpaired) electrons. The zero-order chi connectivity index (χ0) is 9.97. The molecule has 1 aromatic carbocycles. The fourth-order valence-corrected chi connectivity index (χ4v) is 1.43. The fraction of sp³-hybridized carbons (Fsp3) is 0.100. The minimum absolute atomic E-state index is 0.285. The van der Waals surface area contributed by atoms with Crippen molar-refractivity contribution in [3.8, 4) is 11.3 Å². The van der Waals surface area contributed by atoms with Crippen molar-refractivity contribution in [3.63, 3.8) is 0 Å². The van der Waals surface area contributed by atoms with E-state index in [4.69, 9.17) is 11.6 Å². The van der Waals surface area contributed by atoms with Gasteiger partial charge in [0.15, 0.2) is 0 Å². The zero-order valence-electron chi connectivity index (χ0n) is 7.30. The van der Waals surface area contributed by atoms with Gasteiger partial charge in [-0.1, -0.05) is 6.07 Å². The summed E-state index contributed by atoms with van der Waals surface area (Å²) in [6.07, 6.45) is 1.59. The van der Waals surface area contributed by atoms with Crippen LogP contribution in [0.5, 0.6) is 0 Å². The van der Waals surface area contributed by atoms with Crippen molar-refractivity contribution < 1.29 is 4.39 Å². The minimum atomic E-state index is -0.285. The van der Waals surface area contributed by atoms with E-state index < -0.39 is 0 Å². The average molecular weight is 211 g/mol. The van der Waals surface area contributed by atoms with Gasteiger partial charge in [-0.3, -0.25) is 5.10 Å². The first-order valence-corrected chi connectivity index (χ1v) is 4.69. The second-order valence-electron chi connectivity index (χ2n) is 2.92. The highest BCUT2D eigenvalue weighted by Crippen LogP contribution is 2.21. The monoisotopic (exact) mass is 210 g/mol. The van der Waals surface area contributed by atoms with Gasteiger partial charge in [-0.05, 0) is 23.8 Å². The summed E-state index contributed by atoms with van der Waals surface area (Å²) in [4.78, 5) is 0. The van der Waals surface area contributed by atoms with Crippen LogP contribution < -0.4 is 0 Å². The Balaban J connectivity index is 2.46. The summed E-state index contributed by atoms with van der Waals surface area (Å²) < 4.78 is 13.5. The van der Waals surface area contributed by atoms with Crippen LogP contribution in [-0.4, -0.2) is 10.2 Å². The standard InChI is InChI=1S/C10H8ClFN2/c11-6-7-1-2-8(9(12)5-7)10-3-4-13-14-10/h1-5H,6H2,(H,13,14). The number of hydrogen-bond acceptors (Lipinski definition) is 1. The molecule has 4 heteroatoms. The van der Waals surface area contributed by atoms with Crippen LogP contribution in [0.15, 0.2) is 30.5 Å². The first kappa shape index (κ1) is 9.21. The molecule has 0 aliphatic carbocycles. The molecule has 2 nitrogen and oxygen atoms in total. The van der Waals surface area contributed by atoms with E-state index in [2.05, 4.69) is 10.2 Å². The maximum absolute atomic E-state index is 13.5. The highest BCUT2D eigenvalue weighted by atomic mass is 35.5. The van der Waals surface area contributed by atoms with Gasteiger partial charge in [0.05, 0.1) is 5.69 Å². The Kier molecular flexibility index (Phi) is 2.50. The number of alkyl halides is 1. The lowest BCUT2D eigenvalue weighted by Gasteiger charge is -2.01. The van der Waals surface area contributed by atoms with Crippen molar-refractivity contribution in [2.45, 2.75) is 5.88 Å². The van der Waals surface area contributed by atoms with E-state index in [1.54, 1.807) is 24.4 Å². The molecule has 0 saturated carbocycles. The Morgan fingerprint density at radius 1 is 1.36 bits per heavy atom. The Labute approximate surface area is 85.7 Å². The predicted molar refractivity (Wildman–Crippen MR) is 53.5 cm³/mol. The van der Waals surface area contributed by atoms with E-state index in [9.17, 15) is 4.39 Å². The molecule has 1 aromatic heterocycles. The number of rotatable bonds is 2. The van der Waals surface area contributed by atoms with Crippen molar-refractivity contribution in [1.82, 2.24) is 10.2 Å². The van der Waals surface area contributed by atoms with Crippen molar-refractivity contribution in [3.05, 3.63) is 41.8 Å². The molecule has 1 N–H and O–H groups in total. The maximum atomic E-state index is 13.5. The third kappa shape index (κ3) is 1.63. The molecule has 0 saturated heterocycles. The summed E-state index contributed by atoms with van der Waals surface area (Å²) in [5, 5.41) is 6.47. The second kappa shape index (κ2) is 3.80. The van der Waals surface area contributed by atoms with Gasteiger partial charge in [0, 0.05) is 17.6 Å². The summed E-state index contributed by atoms with van der Waals surface area (Å²) in [6, 6.07) is 6.65. The van der Waals surface area contributed by atoms with Crippen molar-refractivity contribution in [2.75, 3.05) is 0 Å². The van der Waals surface area contributed by atoms with E-state index in [0.717, 1.165) is 5.56 Å². The van der Waals surface area contributed by atoms with Gasteiger partial charge < -0.3 is 0 Å². The number of aromatic nitrogens is 2. The van der Waals surface area contributed by atoms with Gasteiger partial charge in [-0.25, -0.2) is 4.39 Å². The van der Waals surface area contributed by atoms with Gasteiger partial charge in [0.25, 0.3) is 0 Å². The molecular formula is C10H8ClFN2. The molecule has 0 unspecified atom stereocenters. The van der Waals surface area contributed by atoms with E-state index in [-0.39, 0.29) is 5.82 Å². The van der Waals surface area contributed by atoms with Crippen LogP contribution in [-0.2, 0) is 5.88 Å². The van der Waals surface area contributed by atoms with Crippen LogP contribution in [0.25, 0.3) is 11.3 Å². The second-order valence-corrected chi connectivity index (χ2v) is 3.19. The van der Waals surface area contributed by atoms with Crippen LogP contribution >= 0.6 is 11.6 Å². The summed E-state index contributed by atoms with van der Waals surface area (Å²) in [5.41, 5.74) is 1.95. The van der Waals surface area contributed by atoms with Crippen molar-refractivity contribution in [2.24, 2.45) is 0 Å². The van der Waals surface area contributed by atoms with Crippen LogP contribution in [0.1, 0.15) is 5.56 Å². The maximum Gasteiger partial charge on any atom is 0.132 e. The third-order valence-corrected chi connectivity index (χ3v) is 2.29. The number of halogens is 2. The van der Waals surface area contributed by atoms with Gasteiger partial charge in [0.2, 0.25) is 0 Å². The largest absolute Gasteiger partial charge is 0.278 e.